The van der Waals surface area contributed by atoms with E-state index in [4.69, 9.17) is 0 Å². The number of hydrogen-bond donors (Lipinski definition) is 1. The van der Waals surface area contributed by atoms with E-state index in [1.54, 1.807) is 0 Å². The normalized spacial score (nSPS) is 39.4. The van der Waals surface area contributed by atoms with Gasteiger partial charge in [0.05, 0.1) is 0 Å². The third-order valence-corrected chi connectivity index (χ3v) is 4.87. The molecule has 3 atom stereocenters. The maximum absolute atomic E-state index is 3.72. The van der Waals surface area contributed by atoms with Gasteiger partial charge in [0.1, 0.15) is 0 Å². The van der Waals surface area contributed by atoms with E-state index in [1.807, 2.05) is 0 Å². The minimum atomic E-state index is 0.781. The Morgan fingerprint density at radius 3 is 2.93 bits per heavy atom. The molecule has 0 radical (unpaired) electrons. The van der Waals surface area contributed by atoms with E-state index >= 15 is 0 Å². The largest absolute Gasteiger partial charge is 0.312 e. The quantitative estimate of drug-likeness (QED) is 0.767. The Balaban J connectivity index is 1.67. The fourth-order valence-corrected chi connectivity index (χ4v) is 3.68. The van der Waals surface area contributed by atoms with Gasteiger partial charge in [-0.3, -0.25) is 0 Å². The number of hydrogen-bond acceptors (Lipinski definition) is 3. The number of nitrogens with one attached hydrogen (secondary N) is 1. The van der Waals surface area contributed by atoms with Crippen molar-refractivity contribution in [3.05, 3.63) is 0 Å². The van der Waals surface area contributed by atoms with Crippen molar-refractivity contribution in [3.63, 3.8) is 0 Å². The van der Waals surface area contributed by atoms with Crippen molar-refractivity contribution in [3.8, 4) is 0 Å². The van der Waals surface area contributed by atoms with Gasteiger partial charge in [-0.25, -0.2) is 0 Å². The first-order chi connectivity index (χ1) is 6.75. The molecular formula is C11H22N2S. The van der Waals surface area contributed by atoms with Crippen LogP contribution in [0.2, 0.25) is 0 Å². The number of nitrogens with zero attached hydrogens (tertiary/aromatic N) is 1. The van der Waals surface area contributed by atoms with Gasteiger partial charge >= 0.3 is 0 Å². The summed E-state index contributed by atoms with van der Waals surface area (Å²) in [4.78, 5) is 2.50. The average Bonchev–Trinajstić information content (AvgIpc) is 2.72. The molecule has 0 aromatic carbocycles. The van der Waals surface area contributed by atoms with Gasteiger partial charge < -0.3 is 10.2 Å². The summed E-state index contributed by atoms with van der Waals surface area (Å²) in [5, 5.41) is 4.59. The molecule has 2 rings (SSSR count). The van der Waals surface area contributed by atoms with Crippen molar-refractivity contribution in [1.82, 2.24) is 10.2 Å². The van der Waals surface area contributed by atoms with E-state index in [9.17, 15) is 0 Å². The van der Waals surface area contributed by atoms with Gasteiger partial charge in [0, 0.05) is 29.6 Å². The Labute approximate surface area is 91.8 Å². The van der Waals surface area contributed by atoms with Crippen molar-refractivity contribution in [2.45, 2.75) is 43.5 Å². The molecular weight excluding hydrogens is 192 g/mol. The summed E-state index contributed by atoms with van der Waals surface area (Å²) in [6.45, 7) is 4.84. The van der Waals surface area contributed by atoms with Crippen LogP contribution in [-0.4, -0.2) is 48.1 Å². The Bertz CT molecular complexity index is 186. The van der Waals surface area contributed by atoms with Gasteiger partial charge in [-0.15, -0.1) is 0 Å². The summed E-state index contributed by atoms with van der Waals surface area (Å²) in [7, 11) is 2.26. The highest BCUT2D eigenvalue weighted by molar-refractivity contribution is 8.00. The van der Waals surface area contributed by atoms with Gasteiger partial charge in [0.15, 0.2) is 0 Å². The van der Waals surface area contributed by atoms with Crippen LogP contribution in [-0.2, 0) is 0 Å². The maximum Gasteiger partial charge on any atom is 0.0218 e. The number of rotatable bonds is 3. The summed E-state index contributed by atoms with van der Waals surface area (Å²) in [5.74, 6) is 1.32. The zero-order valence-electron chi connectivity index (χ0n) is 9.33. The standard InChI is InChI=1S/C11H22N2S/c1-9-6-10(8-14-9)12-7-11-4-3-5-13(11)2/h9-12H,3-8H2,1-2H3. The molecule has 0 aliphatic carbocycles. The Kier molecular flexibility index (Phi) is 3.74. The first-order valence-corrected chi connectivity index (χ1v) is 6.86. The molecule has 1 N–H and O–H groups in total. The predicted molar refractivity (Wildman–Crippen MR) is 64.0 cm³/mol. The fourth-order valence-electron chi connectivity index (χ4n) is 2.50. The second-order valence-corrected chi connectivity index (χ2v) is 6.23. The van der Waals surface area contributed by atoms with E-state index in [0.717, 1.165) is 17.3 Å². The van der Waals surface area contributed by atoms with Crippen LogP contribution in [0.15, 0.2) is 0 Å². The van der Waals surface area contributed by atoms with Crippen molar-refractivity contribution < 1.29 is 0 Å². The number of likely N-dealkylation sites (tertiary alicyclic amines) is 1. The van der Waals surface area contributed by atoms with Crippen LogP contribution in [0.5, 0.6) is 0 Å². The van der Waals surface area contributed by atoms with Gasteiger partial charge in [-0.2, -0.15) is 11.8 Å². The van der Waals surface area contributed by atoms with E-state index in [0.29, 0.717) is 0 Å². The summed E-state index contributed by atoms with van der Waals surface area (Å²) in [5.41, 5.74) is 0. The third kappa shape index (κ3) is 2.65. The van der Waals surface area contributed by atoms with Gasteiger partial charge in [-0.1, -0.05) is 6.92 Å². The molecule has 0 bridgehead atoms. The molecule has 2 aliphatic heterocycles. The van der Waals surface area contributed by atoms with Crippen LogP contribution in [0.3, 0.4) is 0 Å². The molecule has 3 unspecified atom stereocenters. The SMILES string of the molecule is CC1CC(NCC2CCCN2C)CS1. The molecule has 0 aromatic heterocycles. The van der Waals surface area contributed by atoms with E-state index in [-0.39, 0.29) is 0 Å². The molecule has 2 heterocycles. The van der Waals surface area contributed by atoms with Crippen LogP contribution < -0.4 is 5.32 Å². The van der Waals surface area contributed by atoms with Crippen molar-refractivity contribution in [2.75, 3.05) is 25.9 Å². The molecule has 2 aliphatic rings. The molecule has 14 heavy (non-hydrogen) atoms. The summed E-state index contributed by atoms with van der Waals surface area (Å²) < 4.78 is 0. The molecule has 82 valence electrons. The van der Waals surface area contributed by atoms with Crippen molar-refractivity contribution in [2.24, 2.45) is 0 Å². The van der Waals surface area contributed by atoms with E-state index in [1.165, 1.54) is 38.1 Å². The Morgan fingerprint density at radius 1 is 1.50 bits per heavy atom. The van der Waals surface area contributed by atoms with Gasteiger partial charge in [0.2, 0.25) is 0 Å². The van der Waals surface area contributed by atoms with Gasteiger partial charge in [0.25, 0.3) is 0 Å². The molecule has 0 spiro atoms. The zero-order valence-corrected chi connectivity index (χ0v) is 10.1. The smallest absolute Gasteiger partial charge is 0.0218 e. The van der Waals surface area contributed by atoms with Crippen LogP contribution in [0.1, 0.15) is 26.2 Å². The minimum Gasteiger partial charge on any atom is -0.312 e. The third-order valence-electron chi connectivity index (χ3n) is 3.51. The minimum absolute atomic E-state index is 0.781. The van der Waals surface area contributed by atoms with Crippen molar-refractivity contribution in [1.29, 1.82) is 0 Å². The lowest BCUT2D eigenvalue weighted by atomic mass is 10.1. The molecule has 3 heteroatoms. The first kappa shape index (κ1) is 10.8. The Morgan fingerprint density at radius 2 is 2.36 bits per heavy atom. The topological polar surface area (TPSA) is 15.3 Å². The van der Waals surface area contributed by atoms with Crippen LogP contribution in [0.25, 0.3) is 0 Å². The second-order valence-electron chi connectivity index (χ2n) is 4.76. The summed E-state index contributed by atoms with van der Waals surface area (Å²) in [6, 6.07) is 1.58. The molecule has 0 aromatic rings. The first-order valence-electron chi connectivity index (χ1n) is 5.81. The number of thioether (sulfide) groups is 1. The van der Waals surface area contributed by atoms with Crippen LogP contribution in [0.4, 0.5) is 0 Å². The highest BCUT2D eigenvalue weighted by Gasteiger charge is 2.25. The predicted octanol–water partition coefficient (Wildman–Crippen LogP) is 1.56. The van der Waals surface area contributed by atoms with E-state index in [2.05, 4.69) is 35.9 Å². The lowest BCUT2D eigenvalue weighted by molar-refractivity contribution is 0.293. The van der Waals surface area contributed by atoms with Gasteiger partial charge in [-0.05, 0) is 32.9 Å². The molecule has 2 fully saturated rings. The highest BCUT2D eigenvalue weighted by atomic mass is 32.2. The molecule has 0 saturated carbocycles. The summed E-state index contributed by atoms with van der Waals surface area (Å²) >= 11 is 2.11. The lowest BCUT2D eigenvalue weighted by Crippen LogP contribution is -2.40. The van der Waals surface area contributed by atoms with E-state index < -0.39 is 0 Å². The zero-order chi connectivity index (χ0) is 9.97. The fraction of sp³-hybridized carbons (Fsp3) is 1.00. The van der Waals surface area contributed by atoms with Crippen LogP contribution in [0, 0.1) is 0 Å². The molecule has 2 saturated heterocycles. The average molecular weight is 214 g/mol. The van der Waals surface area contributed by atoms with Crippen molar-refractivity contribution >= 4 is 11.8 Å². The highest BCUT2D eigenvalue weighted by Crippen LogP contribution is 2.26. The van der Waals surface area contributed by atoms with Crippen LogP contribution >= 0.6 is 11.8 Å². The summed E-state index contributed by atoms with van der Waals surface area (Å²) in [6.07, 6.45) is 4.14. The maximum atomic E-state index is 3.72. The number of likely N-dealkylation sites (N-methyl/N-ethyl adjacent to an activating group) is 1. The molecule has 2 nitrogen and oxygen atoms in total. The second kappa shape index (κ2) is 4.86. The molecule has 0 amide bonds. The Hall–Kier alpha value is 0.270. The lowest BCUT2D eigenvalue weighted by Gasteiger charge is -2.22. The monoisotopic (exact) mass is 214 g/mol.